The SMILES string of the molecule is CCC(NCc1cc(C)on1)c1ccc(Cl)c(Cl)c1. The van der Waals surface area contributed by atoms with Crippen molar-refractivity contribution in [2.45, 2.75) is 32.9 Å². The molecule has 5 heteroatoms. The van der Waals surface area contributed by atoms with Crippen LogP contribution in [0.3, 0.4) is 0 Å². The molecule has 3 nitrogen and oxygen atoms in total. The van der Waals surface area contributed by atoms with Crippen molar-refractivity contribution in [3.8, 4) is 0 Å². The minimum absolute atomic E-state index is 0.215. The van der Waals surface area contributed by atoms with E-state index in [0.29, 0.717) is 16.6 Å². The van der Waals surface area contributed by atoms with Crippen LogP contribution in [0.15, 0.2) is 28.8 Å². The minimum Gasteiger partial charge on any atom is -0.361 e. The highest BCUT2D eigenvalue weighted by atomic mass is 35.5. The lowest BCUT2D eigenvalue weighted by Gasteiger charge is -2.17. The number of aryl methyl sites for hydroxylation is 1. The van der Waals surface area contributed by atoms with Crippen molar-refractivity contribution < 1.29 is 4.52 Å². The van der Waals surface area contributed by atoms with Crippen molar-refractivity contribution in [3.05, 3.63) is 51.3 Å². The molecule has 1 unspecified atom stereocenters. The van der Waals surface area contributed by atoms with E-state index in [9.17, 15) is 0 Å². The van der Waals surface area contributed by atoms with Gasteiger partial charge in [0.1, 0.15) is 5.76 Å². The Morgan fingerprint density at radius 1 is 1.26 bits per heavy atom. The number of nitrogens with one attached hydrogen (secondary N) is 1. The van der Waals surface area contributed by atoms with Crippen LogP contribution < -0.4 is 5.32 Å². The Kier molecular flexibility index (Phi) is 4.86. The Morgan fingerprint density at radius 3 is 2.63 bits per heavy atom. The van der Waals surface area contributed by atoms with Gasteiger partial charge in [-0.1, -0.05) is 41.3 Å². The molecule has 102 valence electrons. The molecule has 0 radical (unpaired) electrons. The monoisotopic (exact) mass is 298 g/mol. The van der Waals surface area contributed by atoms with Gasteiger partial charge in [-0.3, -0.25) is 0 Å². The van der Waals surface area contributed by atoms with Gasteiger partial charge in [0, 0.05) is 18.7 Å². The Labute approximate surface area is 122 Å². The topological polar surface area (TPSA) is 38.1 Å². The third-order valence-electron chi connectivity index (χ3n) is 2.96. The molecule has 0 bridgehead atoms. The van der Waals surface area contributed by atoms with Crippen molar-refractivity contribution in [3.63, 3.8) is 0 Å². The van der Waals surface area contributed by atoms with Crippen LogP contribution in [0.1, 0.15) is 36.4 Å². The molecule has 2 rings (SSSR count). The second-order valence-electron chi connectivity index (χ2n) is 4.44. The van der Waals surface area contributed by atoms with E-state index in [1.54, 1.807) is 0 Å². The van der Waals surface area contributed by atoms with E-state index < -0.39 is 0 Å². The largest absolute Gasteiger partial charge is 0.361 e. The highest BCUT2D eigenvalue weighted by Crippen LogP contribution is 2.27. The van der Waals surface area contributed by atoms with E-state index >= 15 is 0 Å². The summed E-state index contributed by atoms with van der Waals surface area (Å²) >= 11 is 12.0. The quantitative estimate of drug-likeness (QED) is 0.881. The van der Waals surface area contributed by atoms with Crippen LogP contribution in [0.5, 0.6) is 0 Å². The molecule has 0 aliphatic rings. The van der Waals surface area contributed by atoms with E-state index in [-0.39, 0.29) is 6.04 Å². The zero-order chi connectivity index (χ0) is 13.8. The van der Waals surface area contributed by atoms with Gasteiger partial charge in [-0.2, -0.15) is 0 Å². The second-order valence-corrected chi connectivity index (χ2v) is 5.26. The van der Waals surface area contributed by atoms with Gasteiger partial charge < -0.3 is 9.84 Å². The van der Waals surface area contributed by atoms with Gasteiger partial charge in [0.2, 0.25) is 0 Å². The molecule has 0 fully saturated rings. The van der Waals surface area contributed by atoms with Gasteiger partial charge in [-0.25, -0.2) is 0 Å². The van der Waals surface area contributed by atoms with Gasteiger partial charge in [-0.15, -0.1) is 0 Å². The Hall–Kier alpha value is -1.03. The summed E-state index contributed by atoms with van der Waals surface area (Å²) in [7, 11) is 0. The maximum absolute atomic E-state index is 6.05. The predicted molar refractivity (Wildman–Crippen MR) is 77.6 cm³/mol. The summed E-state index contributed by atoms with van der Waals surface area (Å²) < 4.78 is 5.04. The molecule has 0 amide bonds. The average Bonchev–Trinajstić information content (AvgIpc) is 2.80. The molecular weight excluding hydrogens is 283 g/mol. The average molecular weight is 299 g/mol. The molecule has 1 aromatic heterocycles. The molecule has 1 heterocycles. The fourth-order valence-electron chi connectivity index (χ4n) is 1.96. The number of nitrogens with zero attached hydrogens (tertiary/aromatic N) is 1. The van der Waals surface area contributed by atoms with Crippen molar-refractivity contribution in [1.82, 2.24) is 10.5 Å². The molecular formula is C14H16Cl2N2O. The van der Waals surface area contributed by atoms with Gasteiger partial charge in [0.05, 0.1) is 15.7 Å². The first kappa shape index (κ1) is 14.4. The number of halogens is 2. The van der Waals surface area contributed by atoms with E-state index in [1.165, 1.54) is 0 Å². The molecule has 0 saturated carbocycles. The first-order valence-electron chi connectivity index (χ1n) is 6.20. The first-order valence-corrected chi connectivity index (χ1v) is 6.96. The number of hydrogen-bond acceptors (Lipinski definition) is 3. The van der Waals surface area contributed by atoms with E-state index in [4.69, 9.17) is 27.7 Å². The van der Waals surface area contributed by atoms with Crippen LogP contribution in [0.4, 0.5) is 0 Å². The third-order valence-corrected chi connectivity index (χ3v) is 3.70. The number of aromatic nitrogens is 1. The standard InChI is InChI=1S/C14H16Cl2N2O/c1-3-14(10-4-5-12(15)13(16)7-10)17-8-11-6-9(2)19-18-11/h4-7,14,17H,3,8H2,1-2H3. The highest BCUT2D eigenvalue weighted by molar-refractivity contribution is 6.42. The molecule has 1 atom stereocenters. The fraction of sp³-hybridized carbons (Fsp3) is 0.357. The zero-order valence-corrected chi connectivity index (χ0v) is 12.4. The van der Waals surface area contributed by atoms with E-state index in [1.807, 2.05) is 31.2 Å². The second kappa shape index (κ2) is 6.42. The normalized spacial score (nSPS) is 12.6. The van der Waals surface area contributed by atoms with Crippen LogP contribution in [0.25, 0.3) is 0 Å². The van der Waals surface area contributed by atoms with Gasteiger partial charge in [-0.05, 0) is 31.0 Å². The smallest absolute Gasteiger partial charge is 0.133 e. The van der Waals surface area contributed by atoms with Crippen LogP contribution in [0, 0.1) is 6.92 Å². The van der Waals surface area contributed by atoms with Gasteiger partial charge in [0.25, 0.3) is 0 Å². The first-order chi connectivity index (χ1) is 9.10. The summed E-state index contributed by atoms with van der Waals surface area (Å²) in [5.74, 6) is 0.819. The van der Waals surface area contributed by atoms with Crippen molar-refractivity contribution in [2.75, 3.05) is 0 Å². The summed E-state index contributed by atoms with van der Waals surface area (Å²) in [6.07, 6.45) is 0.953. The third kappa shape index (κ3) is 3.72. The molecule has 0 saturated heterocycles. The van der Waals surface area contributed by atoms with Crippen molar-refractivity contribution >= 4 is 23.2 Å². The lowest BCUT2D eigenvalue weighted by Crippen LogP contribution is -2.20. The van der Waals surface area contributed by atoms with Gasteiger partial charge >= 0.3 is 0 Å². The zero-order valence-electron chi connectivity index (χ0n) is 10.9. The molecule has 19 heavy (non-hydrogen) atoms. The maximum atomic E-state index is 6.05. The van der Waals surface area contributed by atoms with Crippen LogP contribution in [0.2, 0.25) is 10.0 Å². The van der Waals surface area contributed by atoms with Gasteiger partial charge in [0.15, 0.2) is 0 Å². The molecule has 2 aromatic rings. The van der Waals surface area contributed by atoms with E-state index in [2.05, 4.69) is 17.4 Å². The van der Waals surface area contributed by atoms with Crippen LogP contribution in [-0.2, 0) is 6.54 Å². The lowest BCUT2D eigenvalue weighted by molar-refractivity contribution is 0.385. The Bertz CT molecular complexity index is 554. The molecule has 0 spiro atoms. The molecule has 0 aliphatic heterocycles. The Morgan fingerprint density at radius 2 is 2.05 bits per heavy atom. The lowest BCUT2D eigenvalue weighted by atomic mass is 10.0. The minimum atomic E-state index is 0.215. The van der Waals surface area contributed by atoms with Crippen LogP contribution in [-0.4, -0.2) is 5.16 Å². The maximum Gasteiger partial charge on any atom is 0.133 e. The van der Waals surface area contributed by atoms with E-state index in [0.717, 1.165) is 23.4 Å². The summed E-state index contributed by atoms with van der Waals surface area (Å²) in [5.41, 5.74) is 2.02. The number of hydrogen-bond donors (Lipinski definition) is 1. The molecule has 1 aromatic carbocycles. The number of rotatable bonds is 5. The van der Waals surface area contributed by atoms with Crippen LogP contribution >= 0.6 is 23.2 Å². The predicted octanol–water partition coefficient (Wildman–Crippen LogP) is 4.53. The summed E-state index contributed by atoms with van der Waals surface area (Å²) in [4.78, 5) is 0. The molecule has 1 N–H and O–H groups in total. The summed E-state index contributed by atoms with van der Waals surface area (Å²) in [6.45, 7) is 4.66. The molecule has 0 aliphatic carbocycles. The van der Waals surface area contributed by atoms with Crippen molar-refractivity contribution in [1.29, 1.82) is 0 Å². The summed E-state index contributed by atoms with van der Waals surface area (Å²) in [5, 5.41) is 8.56. The number of benzene rings is 1. The highest BCUT2D eigenvalue weighted by Gasteiger charge is 2.11. The summed E-state index contributed by atoms with van der Waals surface area (Å²) in [6, 6.07) is 7.85. The Balaban J connectivity index is 2.05. The fourth-order valence-corrected chi connectivity index (χ4v) is 2.26. The van der Waals surface area contributed by atoms with Crippen molar-refractivity contribution in [2.24, 2.45) is 0 Å².